The molecule has 0 unspecified atom stereocenters. The van der Waals surface area contributed by atoms with Gasteiger partial charge in [0.05, 0.1) is 6.10 Å². The maximum Gasteiger partial charge on any atom is 0.523 e. The molecular formula is C10H11BrF3N3O5S. The maximum absolute atomic E-state index is 12.4. The fourth-order valence-corrected chi connectivity index (χ4v) is 3.18. The van der Waals surface area contributed by atoms with E-state index in [2.05, 4.69) is 25.1 Å². The molecular weight excluding hydrogens is 411 g/mol. The summed E-state index contributed by atoms with van der Waals surface area (Å²) in [5.74, 6) is -0.0336. The first kappa shape index (κ1) is 18.2. The highest BCUT2D eigenvalue weighted by atomic mass is 79.9. The van der Waals surface area contributed by atoms with Gasteiger partial charge in [0.1, 0.15) is 18.1 Å². The van der Waals surface area contributed by atoms with E-state index in [0.29, 0.717) is 0 Å². The number of hydrogen-bond acceptors (Lipinski definition) is 7. The summed E-state index contributed by atoms with van der Waals surface area (Å²) in [6.45, 7) is 0. The monoisotopic (exact) mass is 421 g/mol. The fourth-order valence-electron chi connectivity index (χ4n) is 1.97. The number of halogens is 4. The molecule has 0 aliphatic carbocycles. The molecule has 0 radical (unpaired) electrons. The topological polar surface area (TPSA) is 114 Å². The van der Waals surface area contributed by atoms with Gasteiger partial charge in [0.2, 0.25) is 0 Å². The van der Waals surface area contributed by atoms with Crippen molar-refractivity contribution in [3.63, 3.8) is 0 Å². The third-order valence-electron chi connectivity index (χ3n) is 3.03. The second kappa shape index (κ2) is 6.37. The second-order valence-electron chi connectivity index (χ2n) is 4.60. The van der Waals surface area contributed by atoms with Crippen LogP contribution in [-0.4, -0.2) is 41.0 Å². The molecule has 3 atom stereocenters. The zero-order chi connectivity index (χ0) is 17.4. The molecule has 130 valence electrons. The minimum Gasteiger partial charge on any atom is -0.383 e. The molecule has 1 saturated heterocycles. The van der Waals surface area contributed by atoms with Crippen LogP contribution >= 0.6 is 15.9 Å². The predicted molar refractivity (Wildman–Crippen MR) is 75.1 cm³/mol. The van der Waals surface area contributed by atoms with E-state index in [-0.39, 0.29) is 17.6 Å². The van der Waals surface area contributed by atoms with Gasteiger partial charge in [-0.05, 0) is 6.07 Å². The Morgan fingerprint density at radius 1 is 1.52 bits per heavy atom. The van der Waals surface area contributed by atoms with Crippen LogP contribution in [0.2, 0.25) is 0 Å². The Bertz CT molecular complexity index is 738. The van der Waals surface area contributed by atoms with Crippen LogP contribution in [-0.2, 0) is 19.0 Å². The highest BCUT2D eigenvalue weighted by molar-refractivity contribution is 9.09. The number of hydrogen-bond donors (Lipinski definition) is 1. The molecule has 0 amide bonds. The lowest BCUT2D eigenvalue weighted by atomic mass is 10.2. The number of nitrogens with two attached hydrogens (primary N) is 1. The summed E-state index contributed by atoms with van der Waals surface area (Å²) in [4.78, 5) is 15.2. The standard InChI is InChI=1S/C10H11BrF3N3O5S/c11-4-6-5(22-23(19,20)10(12,13)14)3-8(21-6)17-2-1-7(15)16-9(17)18/h1-2,5-6,8H,3-4H2,(H2,15,16,18)/t5-,6+,8+/m0/s1. The smallest absolute Gasteiger partial charge is 0.383 e. The number of nitrogens with zero attached hydrogens (tertiary/aromatic N) is 2. The van der Waals surface area contributed by atoms with Crippen LogP contribution in [0.4, 0.5) is 19.0 Å². The number of rotatable bonds is 4. The molecule has 0 aromatic carbocycles. The zero-order valence-electron chi connectivity index (χ0n) is 11.2. The van der Waals surface area contributed by atoms with Crippen LogP contribution in [0.5, 0.6) is 0 Å². The van der Waals surface area contributed by atoms with E-state index in [1.54, 1.807) is 0 Å². The Morgan fingerprint density at radius 2 is 2.17 bits per heavy atom. The Morgan fingerprint density at radius 3 is 2.70 bits per heavy atom. The summed E-state index contributed by atoms with van der Waals surface area (Å²) >= 11 is 3.00. The first-order valence-electron chi connectivity index (χ1n) is 6.11. The van der Waals surface area contributed by atoms with Crippen molar-refractivity contribution in [2.24, 2.45) is 0 Å². The van der Waals surface area contributed by atoms with Gasteiger partial charge in [0.25, 0.3) is 0 Å². The fraction of sp³-hybridized carbons (Fsp3) is 0.600. The SMILES string of the molecule is Nc1ccn([C@H]2C[C@H](OS(=O)(=O)C(F)(F)F)[C@@H](CBr)O2)c(=O)n1. The van der Waals surface area contributed by atoms with Crippen LogP contribution < -0.4 is 11.4 Å². The molecule has 1 aromatic rings. The van der Waals surface area contributed by atoms with Crippen molar-refractivity contribution in [1.29, 1.82) is 0 Å². The molecule has 1 aliphatic rings. The quantitative estimate of drug-likeness (QED) is 0.433. The maximum atomic E-state index is 12.4. The number of alkyl halides is 4. The zero-order valence-corrected chi connectivity index (χ0v) is 13.6. The van der Waals surface area contributed by atoms with E-state index in [1.807, 2.05) is 0 Å². The van der Waals surface area contributed by atoms with Crippen molar-refractivity contribution in [1.82, 2.24) is 9.55 Å². The lowest BCUT2D eigenvalue weighted by molar-refractivity contribution is -0.0602. The number of anilines is 1. The molecule has 1 fully saturated rings. The third-order valence-corrected chi connectivity index (χ3v) is 4.73. The van der Waals surface area contributed by atoms with Crippen LogP contribution in [0.15, 0.2) is 17.1 Å². The first-order valence-corrected chi connectivity index (χ1v) is 8.64. The summed E-state index contributed by atoms with van der Waals surface area (Å²) in [5, 5.41) is 0.0126. The summed E-state index contributed by atoms with van der Waals surface area (Å²) in [5.41, 5.74) is -0.979. The minimum absolute atomic E-state index is 0.0126. The highest BCUT2D eigenvalue weighted by Gasteiger charge is 2.51. The van der Waals surface area contributed by atoms with Gasteiger partial charge in [0.15, 0.2) is 0 Å². The number of ether oxygens (including phenoxy) is 1. The molecule has 0 bridgehead atoms. The van der Waals surface area contributed by atoms with E-state index in [1.165, 1.54) is 12.3 Å². The molecule has 1 aromatic heterocycles. The minimum atomic E-state index is -5.77. The van der Waals surface area contributed by atoms with Crippen molar-refractivity contribution in [3.8, 4) is 0 Å². The molecule has 2 rings (SSSR count). The Labute approximate surface area is 136 Å². The van der Waals surface area contributed by atoms with Gasteiger partial charge in [-0.3, -0.25) is 8.75 Å². The van der Waals surface area contributed by atoms with E-state index in [0.717, 1.165) is 4.57 Å². The molecule has 2 heterocycles. The third kappa shape index (κ3) is 3.84. The van der Waals surface area contributed by atoms with Crippen molar-refractivity contribution in [2.45, 2.75) is 30.4 Å². The summed E-state index contributed by atoms with van der Waals surface area (Å²) in [7, 11) is -5.77. The van der Waals surface area contributed by atoms with Gasteiger partial charge >= 0.3 is 21.3 Å². The largest absolute Gasteiger partial charge is 0.523 e. The van der Waals surface area contributed by atoms with Crippen molar-refractivity contribution in [3.05, 3.63) is 22.7 Å². The molecule has 0 saturated carbocycles. The number of aromatic nitrogens is 2. The Kier molecular flexibility index (Phi) is 5.03. The molecule has 23 heavy (non-hydrogen) atoms. The van der Waals surface area contributed by atoms with Crippen LogP contribution in [0, 0.1) is 0 Å². The molecule has 1 aliphatic heterocycles. The van der Waals surface area contributed by atoms with Crippen LogP contribution in [0.1, 0.15) is 12.6 Å². The van der Waals surface area contributed by atoms with Crippen LogP contribution in [0.25, 0.3) is 0 Å². The molecule has 8 nitrogen and oxygen atoms in total. The predicted octanol–water partition coefficient (Wildman–Crippen LogP) is 0.743. The van der Waals surface area contributed by atoms with Crippen molar-refractivity contribution in [2.75, 3.05) is 11.1 Å². The Balaban J connectivity index is 2.23. The summed E-state index contributed by atoms with van der Waals surface area (Å²) < 4.78 is 70.0. The average Bonchev–Trinajstić information content (AvgIpc) is 2.79. The van der Waals surface area contributed by atoms with Crippen molar-refractivity contribution >= 4 is 31.9 Å². The normalized spacial score (nSPS) is 25.7. The van der Waals surface area contributed by atoms with Crippen LogP contribution in [0.3, 0.4) is 0 Å². The second-order valence-corrected chi connectivity index (χ2v) is 6.81. The number of nitrogen functional groups attached to an aromatic ring is 1. The van der Waals surface area contributed by atoms with Gasteiger partial charge in [-0.2, -0.15) is 26.6 Å². The van der Waals surface area contributed by atoms with Gasteiger partial charge in [-0.15, -0.1) is 0 Å². The summed E-state index contributed by atoms with van der Waals surface area (Å²) in [6, 6.07) is 1.30. The van der Waals surface area contributed by atoms with Gasteiger partial charge in [-0.1, -0.05) is 15.9 Å². The van der Waals surface area contributed by atoms with E-state index >= 15 is 0 Å². The van der Waals surface area contributed by atoms with Gasteiger partial charge < -0.3 is 10.5 Å². The van der Waals surface area contributed by atoms with E-state index < -0.39 is 39.8 Å². The molecule has 2 N–H and O–H groups in total. The van der Waals surface area contributed by atoms with E-state index in [4.69, 9.17) is 10.5 Å². The van der Waals surface area contributed by atoms with Crippen molar-refractivity contribution < 1.29 is 30.5 Å². The lowest BCUT2D eigenvalue weighted by Gasteiger charge is -2.17. The van der Waals surface area contributed by atoms with E-state index in [9.17, 15) is 26.4 Å². The van der Waals surface area contributed by atoms with Gasteiger partial charge in [-0.25, -0.2) is 4.79 Å². The first-order chi connectivity index (χ1) is 10.5. The lowest BCUT2D eigenvalue weighted by Crippen LogP contribution is -2.34. The molecule has 0 spiro atoms. The van der Waals surface area contributed by atoms with Gasteiger partial charge in [0, 0.05) is 17.9 Å². The average molecular weight is 422 g/mol. The Hall–Kier alpha value is -1.18. The highest BCUT2D eigenvalue weighted by Crippen LogP contribution is 2.35. The molecule has 13 heteroatoms. The summed E-state index contributed by atoms with van der Waals surface area (Å²) in [6.07, 6.45) is -2.46.